The van der Waals surface area contributed by atoms with E-state index in [0.717, 1.165) is 37.1 Å². The maximum Gasteiger partial charge on any atom is 0.255 e. The molecule has 0 radical (unpaired) electrons. The second kappa shape index (κ2) is 7.91. The van der Waals surface area contributed by atoms with Crippen LogP contribution in [0, 0.1) is 12.3 Å². The lowest BCUT2D eigenvalue weighted by molar-refractivity contribution is -0.0849. The second-order valence-electron chi connectivity index (χ2n) is 9.14. The van der Waals surface area contributed by atoms with Crippen LogP contribution >= 0.6 is 11.6 Å². The highest BCUT2D eigenvalue weighted by Gasteiger charge is 2.54. The number of aryl methyl sites for hydroxylation is 1. The Hall–Kier alpha value is -3.33. The van der Waals surface area contributed by atoms with Gasteiger partial charge in [-0.2, -0.15) is 5.10 Å². The van der Waals surface area contributed by atoms with Crippen LogP contribution in [0.4, 0.5) is 0 Å². The van der Waals surface area contributed by atoms with E-state index in [1.54, 1.807) is 36.3 Å². The third-order valence-electron chi connectivity index (χ3n) is 6.68. The lowest BCUT2D eigenvalue weighted by Gasteiger charge is -2.57. The van der Waals surface area contributed by atoms with Gasteiger partial charge in [0.15, 0.2) is 0 Å². The van der Waals surface area contributed by atoms with E-state index in [4.69, 9.17) is 22.1 Å². The summed E-state index contributed by atoms with van der Waals surface area (Å²) in [5.41, 5.74) is 8.08. The molecule has 2 fully saturated rings. The summed E-state index contributed by atoms with van der Waals surface area (Å²) in [6, 6.07) is 7.46. The number of hydrogen-bond donors (Lipinski definition) is 2. The van der Waals surface area contributed by atoms with Gasteiger partial charge in [0, 0.05) is 24.3 Å². The predicted octanol–water partition coefficient (Wildman–Crippen LogP) is 2.79. The highest BCUT2D eigenvalue weighted by molar-refractivity contribution is 6.30. The molecular formula is C23H25ClN6O3. The van der Waals surface area contributed by atoms with Crippen LogP contribution in [0.2, 0.25) is 5.02 Å². The monoisotopic (exact) mass is 468 g/mol. The summed E-state index contributed by atoms with van der Waals surface area (Å²) in [7, 11) is 1.72. The van der Waals surface area contributed by atoms with E-state index in [2.05, 4.69) is 15.5 Å². The molecule has 3 aromatic rings. The maximum atomic E-state index is 12.8. The molecule has 172 valence electrons. The minimum Gasteiger partial charge on any atom is -0.473 e. The molecule has 0 aliphatic heterocycles. The zero-order valence-corrected chi connectivity index (χ0v) is 19.2. The fourth-order valence-electron chi connectivity index (χ4n) is 5.03. The highest BCUT2D eigenvalue weighted by atomic mass is 35.5. The molecule has 10 heteroatoms. The number of benzene rings is 1. The van der Waals surface area contributed by atoms with Crippen LogP contribution in [0.15, 0.2) is 36.7 Å². The molecule has 0 saturated heterocycles. The van der Waals surface area contributed by atoms with Gasteiger partial charge in [0.2, 0.25) is 5.88 Å². The van der Waals surface area contributed by atoms with E-state index >= 15 is 0 Å². The molecule has 5 rings (SSSR count). The minimum atomic E-state index is -0.548. The average molecular weight is 469 g/mol. The van der Waals surface area contributed by atoms with Gasteiger partial charge in [-0.1, -0.05) is 11.6 Å². The molecule has 3 N–H and O–H groups in total. The van der Waals surface area contributed by atoms with Crippen LogP contribution in [0.1, 0.15) is 52.1 Å². The number of nitrogens with two attached hydrogens (primary N) is 1. The summed E-state index contributed by atoms with van der Waals surface area (Å²) in [5.74, 6) is -0.366. The van der Waals surface area contributed by atoms with Gasteiger partial charge in [0.05, 0.1) is 23.1 Å². The highest BCUT2D eigenvalue weighted by Crippen LogP contribution is 2.56. The number of aromatic nitrogens is 4. The number of nitrogens with one attached hydrogen (secondary N) is 1. The molecule has 0 atom stereocenters. The van der Waals surface area contributed by atoms with E-state index in [1.165, 1.54) is 4.68 Å². The molecule has 1 spiro atoms. The Balaban J connectivity index is 1.14. The summed E-state index contributed by atoms with van der Waals surface area (Å²) in [4.78, 5) is 24.4. The van der Waals surface area contributed by atoms with Crippen molar-refractivity contribution in [3.63, 3.8) is 0 Å². The van der Waals surface area contributed by atoms with Crippen molar-refractivity contribution in [2.45, 2.75) is 44.8 Å². The quantitative estimate of drug-likeness (QED) is 0.576. The standard InChI is InChI=1S/C23H25ClN6O3/c1-13-18(11-26-30(13)16-5-3-14(24)4-6-16)21(32)27-15-7-23(8-15)9-17(10-23)33-22-19(20(25)31)12-29(2)28-22/h3-6,11-12,15,17H,7-10H2,1-2H3,(H2,25,31)(H,27,32)/t15-,17-,23?. The Morgan fingerprint density at radius 3 is 2.55 bits per heavy atom. The first-order valence-corrected chi connectivity index (χ1v) is 11.2. The normalized spacial score (nSPS) is 23.6. The molecule has 2 aromatic heterocycles. The number of rotatable bonds is 6. The Labute approximate surface area is 195 Å². The minimum absolute atomic E-state index is 0.00880. The molecule has 2 aliphatic rings. The van der Waals surface area contributed by atoms with Crippen molar-refractivity contribution in [2.75, 3.05) is 0 Å². The molecule has 2 aliphatic carbocycles. The zero-order chi connectivity index (χ0) is 23.3. The van der Waals surface area contributed by atoms with Crippen molar-refractivity contribution in [3.05, 3.63) is 58.5 Å². The van der Waals surface area contributed by atoms with Crippen LogP contribution in [0.25, 0.3) is 5.69 Å². The second-order valence-corrected chi connectivity index (χ2v) is 9.58. The van der Waals surface area contributed by atoms with Crippen molar-refractivity contribution in [1.29, 1.82) is 0 Å². The lowest BCUT2D eigenvalue weighted by Crippen LogP contribution is -2.58. The number of hydrogen-bond acceptors (Lipinski definition) is 5. The summed E-state index contributed by atoms with van der Waals surface area (Å²) < 4.78 is 9.17. The Morgan fingerprint density at radius 2 is 1.88 bits per heavy atom. The molecular weight excluding hydrogens is 444 g/mol. The van der Waals surface area contributed by atoms with E-state index in [0.29, 0.717) is 22.0 Å². The molecule has 33 heavy (non-hydrogen) atoms. The van der Waals surface area contributed by atoms with Crippen LogP contribution in [-0.2, 0) is 7.05 Å². The van der Waals surface area contributed by atoms with E-state index in [1.807, 2.05) is 19.1 Å². The van der Waals surface area contributed by atoms with Gasteiger partial charge in [-0.3, -0.25) is 14.3 Å². The number of ether oxygens (including phenoxy) is 1. The van der Waals surface area contributed by atoms with Gasteiger partial charge >= 0.3 is 0 Å². The topological polar surface area (TPSA) is 117 Å². The van der Waals surface area contributed by atoms with Crippen molar-refractivity contribution >= 4 is 23.4 Å². The predicted molar refractivity (Wildman–Crippen MR) is 122 cm³/mol. The van der Waals surface area contributed by atoms with Crippen molar-refractivity contribution < 1.29 is 14.3 Å². The Bertz CT molecular complexity index is 1220. The molecule has 1 aromatic carbocycles. The van der Waals surface area contributed by atoms with Gasteiger partial charge in [0.25, 0.3) is 11.8 Å². The smallest absolute Gasteiger partial charge is 0.255 e. The largest absolute Gasteiger partial charge is 0.473 e. The fraction of sp³-hybridized carbons (Fsp3) is 0.391. The molecule has 9 nitrogen and oxygen atoms in total. The average Bonchev–Trinajstić information content (AvgIpc) is 3.27. The van der Waals surface area contributed by atoms with Crippen LogP contribution in [0.5, 0.6) is 5.88 Å². The maximum absolute atomic E-state index is 12.8. The van der Waals surface area contributed by atoms with Crippen LogP contribution in [-0.4, -0.2) is 43.5 Å². The molecule has 0 bridgehead atoms. The molecule has 2 heterocycles. The van der Waals surface area contributed by atoms with E-state index in [9.17, 15) is 9.59 Å². The van der Waals surface area contributed by atoms with Crippen molar-refractivity contribution in [1.82, 2.24) is 24.9 Å². The number of primary amides is 1. The molecule has 2 saturated carbocycles. The van der Waals surface area contributed by atoms with Gasteiger partial charge in [-0.05, 0) is 62.3 Å². The van der Waals surface area contributed by atoms with Crippen molar-refractivity contribution in [2.24, 2.45) is 18.2 Å². The van der Waals surface area contributed by atoms with E-state index in [-0.39, 0.29) is 23.5 Å². The summed E-state index contributed by atoms with van der Waals surface area (Å²) in [6.07, 6.45) is 6.75. The molecule has 2 amide bonds. The van der Waals surface area contributed by atoms with Gasteiger partial charge in [-0.15, -0.1) is 5.10 Å². The third-order valence-corrected chi connectivity index (χ3v) is 6.93. The first-order chi connectivity index (χ1) is 15.7. The first kappa shape index (κ1) is 21.5. The van der Waals surface area contributed by atoms with Crippen LogP contribution < -0.4 is 15.8 Å². The lowest BCUT2D eigenvalue weighted by atomic mass is 9.53. The Morgan fingerprint density at radius 1 is 1.18 bits per heavy atom. The zero-order valence-electron chi connectivity index (χ0n) is 18.4. The number of nitrogens with zero attached hydrogens (tertiary/aromatic N) is 4. The number of amides is 2. The fourth-order valence-corrected chi connectivity index (χ4v) is 5.16. The van der Waals surface area contributed by atoms with Crippen LogP contribution in [0.3, 0.4) is 0 Å². The first-order valence-electron chi connectivity index (χ1n) is 10.8. The number of carbonyl (C=O) groups excluding carboxylic acids is 2. The summed E-state index contributed by atoms with van der Waals surface area (Å²) >= 11 is 5.96. The number of halogens is 1. The van der Waals surface area contributed by atoms with Crippen molar-refractivity contribution in [3.8, 4) is 11.6 Å². The summed E-state index contributed by atoms with van der Waals surface area (Å²) in [6.45, 7) is 1.88. The Kier molecular flexibility index (Phi) is 5.16. The van der Waals surface area contributed by atoms with Gasteiger partial charge in [-0.25, -0.2) is 4.68 Å². The van der Waals surface area contributed by atoms with E-state index < -0.39 is 5.91 Å². The van der Waals surface area contributed by atoms with Gasteiger partial charge < -0.3 is 15.8 Å². The summed E-state index contributed by atoms with van der Waals surface area (Å²) in [5, 5.41) is 12.3. The molecule has 0 unspecified atom stereocenters. The number of carbonyl (C=O) groups is 2. The third kappa shape index (κ3) is 3.97. The SMILES string of the molecule is Cc1c(C(=O)N[C@H]2CC3(C2)C[C@H](Oc2nn(C)cc2C(N)=O)C3)cnn1-c1ccc(Cl)cc1. The van der Waals surface area contributed by atoms with Gasteiger partial charge in [0.1, 0.15) is 11.7 Å².